The van der Waals surface area contributed by atoms with Gasteiger partial charge in [0.25, 0.3) is 0 Å². The summed E-state index contributed by atoms with van der Waals surface area (Å²) in [6, 6.07) is 10.1. The molecule has 0 aliphatic carbocycles. The smallest absolute Gasteiger partial charge is 0.113 e. The first kappa shape index (κ1) is 14.5. The van der Waals surface area contributed by atoms with Crippen molar-refractivity contribution in [3.05, 3.63) is 66.5 Å². The van der Waals surface area contributed by atoms with Gasteiger partial charge in [0.1, 0.15) is 5.82 Å². The van der Waals surface area contributed by atoms with Crippen molar-refractivity contribution in [1.29, 1.82) is 0 Å². The highest BCUT2D eigenvalue weighted by Gasteiger charge is 2.07. The number of hydrogen-bond acceptors (Lipinski definition) is 3. The van der Waals surface area contributed by atoms with E-state index in [0.717, 1.165) is 37.4 Å². The first-order valence-corrected chi connectivity index (χ1v) is 7.60. The Balaban J connectivity index is 1.69. The van der Waals surface area contributed by atoms with E-state index in [1.807, 2.05) is 48.5 Å². The van der Waals surface area contributed by atoms with Crippen LogP contribution in [0.1, 0.15) is 17.8 Å². The molecule has 1 N–H and O–H groups in total. The van der Waals surface area contributed by atoms with Gasteiger partial charge in [0.2, 0.25) is 0 Å². The highest BCUT2D eigenvalue weighted by Crippen LogP contribution is 2.11. The fourth-order valence-electron chi connectivity index (χ4n) is 2.49. The summed E-state index contributed by atoms with van der Waals surface area (Å²) < 4.78 is 4.13. The van der Waals surface area contributed by atoms with Crippen LogP contribution >= 0.6 is 0 Å². The number of nitrogens with zero attached hydrogens (tertiary/aromatic N) is 4. The second-order valence-corrected chi connectivity index (χ2v) is 5.30. The standard InChI is InChI=1S/C17H21N5/c1-18-8-5-10-21-11-9-19-17(21)12-15-13-20-22(14-15)16-6-3-2-4-7-16/h2-4,6-7,9,11,13-14,18H,5,8,10,12H2,1H3. The molecule has 0 radical (unpaired) electrons. The normalized spacial score (nSPS) is 11.0. The molecule has 0 aliphatic rings. The van der Waals surface area contributed by atoms with Crippen LogP contribution in [0.3, 0.4) is 0 Å². The molecule has 0 unspecified atom stereocenters. The van der Waals surface area contributed by atoms with Gasteiger partial charge < -0.3 is 9.88 Å². The Morgan fingerprint density at radius 2 is 2.05 bits per heavy atom. The Bertz CT molecular complexity index is 699. The molecule has 2 aromatic heterocycles. The predicted molar refractivity (Wildman–Crippen MR) is 87.1 cm³/mol. The fourth-order valence-corrected chi connectivity index (χ4v) is 2.49. The third-order valence-electron chi connectivity index (χ3n) is 3.65. The monoisotopic (exact) mass is 295 g/mol. The van der Waals surface area contributed by atoms with Crippen LogP contribution in [0.25, 0.3) is 5.69 Å². The number of rotatable bonds is 7. The number of aromatic nitrogens is 4. The molecule has 22 heavy (non-hydrogen) atoms. The van der Waals surface area contributed by atoms with Crippen molar-refractivity contribution < 1.29 is 0 Å². The van der Waals surface area contributed by atoms with E-state index in [1.165, 1.54) is 5.56 Å². The minimum Gasteiger partial charge on any atom is -0.335 e. The Morgan fingerprint density at radius 3 is 2.86 bits per heavy atom. The SMILES string of the molecule is CNCCCn1ccnc1Cc1cnn(-c2ccccc2)c1. The first-order valence-electron chi connectivity index (χ1n) is 7.60. The number of hydrogen-bond donors (Lipinski definition) is 1. The fraction of sp³-hybridized carbons (Fsp3) is 0.294. The predicted octanol–water partition coefficient (Wildman–Crippen LogP) is 2.27. The molecule has 0 saturated carbocycles. The Kier molecular flexibility index (Phi) is 4.65. The molecule has 3 rings (SSSR count). The molecule has 0 atom stereocenters. The van der Waals surface area contributed by atoms with Gasteiger partial charge in [-0.25, -0.2) is 9.67 Å². The van der Waals surface area contributed by atoms with Gasteiger partial charge in [-0.2, -0.15) is 5.10 Å². The van der Waals surface area contributed by atoms with Crippen molar-refractivity contribution in [3.8, 4) is 5.69 Å². The van der Waals surface area contributed by atoms with Gasteiger partial charge in [-0.3, -0.25) is 0 Å². The molecule has 0 spiro atoms. The third-order valence-corrected chi connectivity index (χ3v) is 3.65. The highest BCUT2D eigenvalue weighted by molar-refractivity contribution is 5.31. The maximum absolute atomic E-state index is 4.48. The minimum atomic E-state index is 0.805. The molecule has 3 aromatic rings. The molecule has 0 fully saturated rings. The lowest BCUT2D eigenvalue weighted by Crippen LogP contribution is -2.12. The lowest BCUT2D eigenvalue weighted by Gasteiger charge is -2.06. The van der Waals surface area contributed by atoms with Gasteiger partial charge in [-0.05, 0) is 37.7 Å². The molecule has 5 heteroatoms. The van der Waals surface area contributed by atoms with Gasteiger partial charge in [0.15, 0.2) is 0 Å². The van der Waals surface area contributed by atoms with Gasteiger partial charge in [-0.15, -0.1) is 0 Å². The summed E-state index contributed by atoms with van der Waals surface area (Å²) in [7, 11) is 1.98. The minimum absolute atomic E-state index is 0.805. The summed E-state index contributed by atoms with van der Waals surface area (Å²) in [5.41, 5.74) is 2.25. The molecular formula is C17H21N5. The summed E-state index contributed by atoms with van der Waals surface area (Å²) in [4.78, 5) is 4.48. The number of nitrogens with one attached hydrogen (secondary N) is 1. The van der Waals surface area contributed by atoms with E-state index in [9.17, 15) is 0 Å². The van der Waals surface area contributed by atoms with Crippen LogP contribution in [0, 0.1) is 0 Å². The number of aryl methyl sites for hydroxylation is 1. The van der Waals surface area contributed by atoms with Crippen LogP contribution in [0.4, 0.5) is 0 Å². The molecule has 2 heterocycles. The van der Waals surface area contributed by atoms with Crippen molar-refractivity contribution in [2.45, 2.75) is 19.4 Å². The van der Waals surface area contributed by atoms with Crippen molar-refractivity contribution >= 4 is 0 Å². The zero-order chi connectivity index (χ0) is 15.2. The van der Waals surface area contributed by atoms with E-state index in [-0.39, 0.29) is 0 Å². The van der Waals surface area contributed by atoms with E-state index in [0.29, 0.717) is 0 Å². The van der Waals surface area contributed by atoms with Crippen LogP contribution in [0.15, 0.2) is 55.1 Å². The van der Waals surface area contributed by atoms with E-state index >= 15 is 0 Å². The quantitative estimate of drug-likeness (QED) is 0.680. The maximum Gasteiger partial charge on any atom is 0.113 e. The summed E-state index contributed by atoms with van der Waals surface area (Å²) in [6.45, 7) is 2.01. The second-order valence-electron chi connectivity index (χ2n) is 5.30. The van der Waals surface area contributed by atoms with Gasteiger partial charge >= 0.3 is 0 Å². The topological polar surface area (TPSA) is 47.7 Å². The second kappa shape index (κ2) is 7.04. The van der Waals surface area contributed by atoms with Crippen LogP contribution in [0.5, 0.6) is 0 Å². The average Bonchev–Trinajstić information content (AvgIpc) is 3.19. The molecule has 5 nitrogen and oxygen atoms in total. The Morgan fingerprint density at radius 1 is 1.18 bits per heavy atom. The average molecular weight is 295 g/mol. The van der Waals surface area contributed by atoms with Crippen LogP contribution < -0.4 is 5.32 Å². The Hall–Kier alpha value is -2.40. The van der Waals surface area contributed by atoms with Gasteiger partial charge in [0, 0.05) is 31.6 Å². The molecule has 0 bridgehead atoms. The van der Waals surface area contributed by atoms with Gasteiger partial charge in [-0.1, -0.05) is 18.2 Å². The van der Waals surface area contributed by atoms with Crippen molar-refractivity contribution in [1.82, 2.24) is 24.6 Å². The summed E-state index contributed by atoms with van der Waals surface area (Å²) >= 11 is 0. The third kappa shape index (κ3) is 3.43. The lowest BCUT2D eigenvalue weighted by molar-refractivity contribution is 0.594. The maximum atomic E-state index is 4.48. The number of para-hydroxylation sites is 1. The first-order chi connectivity index (χ1) is 10.9. The van der Waals surface area contributed by atoms with E-state index < -0.39 is 0 Å². The molecule has 0 amide bonds. The molecule has 1 aromatic carbocycles. The lowest BCUT2D eigenvalue weighted by atomic mass is 10.2. The van der Waals surface area contributed by atoms with E-state index in [4.69, 9.17) is 0 Å². The van der Waals surface area contributed by atoms with Gasteiger partial charge in [0.05, 0.1) is 11.9 Å². The summed E-state index contributed by atoms with van der Waals surface area (Å²) in [5.74, 6) is 1.09. The molecule has 0 saturated heterocycles. The molecular weight excluding hydrogens is 274 g/mol. The Labute approximate surface area is 130 Å². The van der Waals surface area contributed by atoms with Crippen LogP contribution in [-0.4, -0.2) is 32.9 Å². The van der Waals surface area contributed by atoms with Crippen LogP contribution in [0.2, 0.25) is 0 Å². The number of benzene rings is 1. The molecule has 114 valence electrons. The summed E-state index contributed by atoms with van der Waals surface area (Å²) in [6.07, 6.45) is 9.81. The zero-order valence-electron chi connectivity index (χ0n) is 12.8. The summed E-state index contributed by atoms with van der Waals surface area (Å²) in [5, 5.41) is 7.62. The van der Waals surface area contributed by atoms with Crippen molar-refractivity contribution in [2.75, 3.05) is 13.6 Å². The largest absolute Gasteiger partial charge is 0.335 e. The van der Waals surface area contributed by atoms with Crippen molar-refractivity contribution in [2.24, 2.45) is 0 Å². The van der Waals surface area contributed by atoms with E-state index in [1.54, 1.807) is 0 Å². The van der Waals surface area contributed by atoms with Crippen molar-refractivity contribution in [3.63, 3.8) is 0 Å². The van der Waals surface area contributed by atoms with E-state index in [2.05, 4.69) is 38.3 Å². The zero-order valence-corrected chi connectivity index (χ0v) is 12.8. The van der Waals surface area contributed by atoms with Crippen LogP contribution in [-0.2, 0) is 13.0 Å². The highest BCUT2D eigenvalue weighted by atomic mass is 15.3. The molecule has 0 aliphatic heterocycles. The number of imidazole rings is 1.